The highest BCUT2D eigenvalue weighted by molar-refractivity contribution is 6.18. The predicted octanol–water partition coefficient (Wildman–Crippen LogP) is 1.96. The first kappa shape index (κ1) is 13.0. The maximum atomic E-state index is 12.0. The van der Waals surface area contributed by atoms with Crippen LogP contribution in [0.4, 0.5) is 0 Å². The summed E-state index contributed by atoms with van der Waals surface area (Å²) in [6, 6.07) is 7.28. The van der Waals surface area contributed by atoms with E-state index in [9.17, 15) is 4.79 Å². The highest BCUT2D eigenvalue weighted by atomic mass is 35.5. The van der Waals surface area contributed by atoms with E-state index in [0.29, 0.717) is 17.4 Å². The number of carbonyl (C=O) groups excluding carboxylic acids is 1. The van der Waals surface area contributed by atoms with Crippen LogP contribution in [0, 0.1) is 0 Å². The highest BCUT2D eigenvalue weighted by Crippen LogP contribution is 2.30. The number of hydrogen-bond acceptors (Lipinski definition) is 3. The van der Waals surface area contributed by atoms with E-state index in [2.05, 4.69) is 5.32 Å². The SMILES string of the molecule is CCC(CCl)NC(=O)C1COc2ccccc2O1. The average molecular weight is 270 g/mol. The van der Waals surface area contributed by atoms with Crippen molar-refractivity contribution in [3.05, 3.63) is 24.3 Å². The lowest BCUT2D eigenvalue weighted by molar-refractivity contribution is -0.131. The topological polar surface area (TPSA) is 47.6 Å². The zero-order valence-electron chi connectivity index (χ0n) is 10.2. The summed E-state index contributed by atoms with van der Waals surface area (Å²) >= 11 is 5.74. The van der Waals surface area contributed by atoms with Gasteiger partial charge in [0.15, 0.2) is 11.5 Å². The number of nitrogens with one attached hydrogen (secondary N) is 1. The molecule has 1 aliphatic rings. The van der Waals surface area contributed by atoms with E-state index in [1.54, 1.807) is 6.07 Å². The number of para-hydroxylation sites is 2. The molecule has 1 heterocycles. The molecule has 2 atom stereocenters. The Morgan fingerprint density at radius 1 is 1.50 bits per heavy atom. The Bertz CT molecular complexity index is 420. The van der Waals surface area contributed by atoms with E-state index in [0.717, 1.165) is 6.42 Å². The molecular weight excluding hydrogens is 254 g/mol. The molecule has 0 bridgehead atoms. The van der Waals surface area contributed by atoms with Gasteiger partial charge >= 0.3 is 0 Å². The van der Waals surface area contributed by atoms with Gasteiger partial charge in [-0.05, 0) is 18.6 Å². The van der Waals surface area contributed by atoms with Gasteiger partial charge in [0, 0.05) is 11.9 Å². The molecule has 0 fully saturated rings. The van der Waals surface area contributed by atoms with Gasteiger partial charge in [0.05, 0.1) is 0 Å². The van der Waals surface area contributed by atoms with Crippen LogP contribution in [0.25, 0.3) is 0 Å². The van der Waals surface area contributed by atoms with E-state index in [4.69, 9.17) is 21.1 Å². The van der Waals surface area contributed by atoms with Gasteiger partial charge in [0.1, 0.15) is 6.61 Å². The van der Waals surface area contributed by atoms with E-state index in [1.807, 2.05) is 25.1 Å². The minimum Gasteiger partial charge on any atom is -0.485 e. The maximum absolute atomic E-state index is 12.0. The number of amides is 1. The molecule has 1 aliphatic heterocycles. The monoisotopic (exact) mass is 269 g/mol. The molecule has 0 saturated heterocycles. The van der Waals surface area contributed by atoms with Crippen LogP contribution >= 0.6 is 11.6 Å². The molecule has 1 aromatic rings. The van der Waals surface area contributed by atoms with Gasteiger partial charge in [-0.1, -0.05) is 19.1 Å². The van der Waals surface area contributed by atoms with Crippen LogP contribution in [0.15, 0.2) is 24.3 Å². The molecule has 4 nitrogen and oxygen atoms in total. The summed E-state index contributed by atoms with van der Waals surface area (Å²) in [6.45, 7) is 2.20. The number of alkyl halides is 1. The fourth-order valence-electron chi connectivity index (χ4n) is 1.69. The fourth-order valence-corrected chi connectivity index (χ4v) is 1.99. The standard InChI is InChI=1S/C13H16ClNO3/c1-2-9(7-14)15-13(16)12-8-17-10-5-3-4-6-11(10)18-12/h3-6,9,12H,2,7-8H2,1H3,(H,15,16). The summed E-state index contributed by atoms with van der Waals surface area (Å²) < 4.78 is 11.1. The molecular formula is C13H16ClNO3. The quantitative estimate of drug-likeness (QED) is 0.850. The Morgan fingerprint density at radius 2 is 2.22 bits per heavy atom. The number of rotatable bonds is 4. The summed E-state index contributed by atoms with van der Waals surface area (Å²) in [7, 11) is 0. The van der Waals surface area contributed by atoms with Crippen molar-refractivity contribution >= 4 is 17.5 Å². The summed E-state index contributed by atoms with van der Waals surface area (Å²) in [5.74, 6) is 1.48. The summed E-state index contributed by atoms with van der Waals surface area (Å²) in [6.07, 6.45) is 0.177. The second-order valence-electron chi connectivity index (χ2n) is 4.13. The molecule has 2 rings (SSSR count). The van der Waals surface area contributed by atoms with Gasteiger partial charge in [0.25, 0.3) is 5.91 Å². The lowest BCUT2D eigenvalue weighted by atomic mass is 10.2. The lowest BCUT2D eigenvalue weighted by Gasteiger charge is -2.26. The normalized spacial score (nSPS) is 19.1. The predicted molar refractivity (Wildman–Crippen MR) is 69.3 cm³/mol. The van der Waals surface area contributed by atoms with Crippen molar-refractivity contribution in [3.63, 3.8) is 0 Å². The van der Waals surface area contributed by atoms with E-state index in [-0.39, 0.29) is 18.6 Å². The van der Waals surface area contributed by atoms with Crippen LogP contribution in [-0.2, 0) is 4.79 Å². The first-order chi connectivity index (χ1) is 8.74. The molecule has 0 radical (unpaired) electrons. The summed E-state index contributed by atoms with van der Waals surface area (Å²) in [4.78, 5) is 12.0. The Kier molecular flexibility index (Phi) is 4.31. The average Bonchev–Trinajstić information content (AvgIpc) is 2.44. The second-order valence-corrected chi connectivity index (χ2v) is 4.44. The van der Waals surface area contributed by atoms with Crippen molar-refractivity contribution < 1.29 is 14.3 Å². The number of benzene rings is 1. The second kappa shape index (κ2) is 5.96. The minimum atomic E-state index is -0.614. The van der Waals surface area contributed by atoms with Crippen molar-refractivity contribution in [1.82, 2.24) is 5.32 Å². The maximum Gasteiger partial charge on any atom is 0.264 e. The first-order valence-corrected chi connectivity index (χ1v) is 6.53. The Hall–Kier alpha value is -1.42. The minimum absolute atomic E-state index is 0.0278. The van der Waals surface area contributed by atoms with Gasteiger partial charge < -0.3 is 14.8 Å². The fraction of sp³-hybridized carbons (Fsp3) is 0.462. The number of carbonyl (C=O) groups is 1. The van der Waals surface area contributed by atoms with Crippen molar-refractivity contribution in [2.75, 3.05) is 12.5 Å². The molecule has 18 heavy (non-hydrogen) atoms. The molecule has 1 aromatic carbocycles. The molecule has 0 aliphatic carbocycles. The third-order valence-corrected chi connectivity index (χ3v) is 3.20. The van der Waals surface area contributed by atoms with E-state index >= 15 is 0 Å². The third kappa shape index (κ3) is 2.88. The van der Waals surface area contributed by atoms with Crippen LogP contribution in [0.2, 0.25) is 0 Å². The third-order valence-electron chi connectivity index (χ3n) is 2.83. The van der Waals surface area contributed by atoms with Crippen LogP contribution in [0.5, 0.6) is 11.5 Å². The Balaban J connectivity index is 1.98. The molecule has 5 heteroatoms. The molecule has 98 valence electrons. The van der Waals surface area contributed by atoms with E-state index < -0.39 is 6.10 Å². The van der Waals surface area contributed by atoms with Crippen LogP contribution in [0.3, 0.4) is 0 Å². The smallest absolute Gasteiger partial charge is 0.264 e. The Morgan fingerprint density at radius 3 is 2.89 bits per heavy atom. The molecule has 1 N–H and O–H groups in total. The molecule has 2 unspecified atom stereocenters. The van der Waals surface area contributed by atoms with Gasteiger partial charge in [-0.2, -0.15) is 0 Å². The zero-order valence-corrected chi connectivity index (χ0v) is 10.9. The van der Waals surface area contributed by atoms with Crippen LogP contribution in [-0.4, -0.2) is 30.5 Å². The van der Waals surface area contributed by atoms with Gasteiger partial charge in [-0.15, -0.1) is 11.6 Å². The van der Waals surface area contributed by atoms with Gasteiger partial charge in [-0.25, -0.2) is 0 Å². The number of hydrogen-bond donors (Lipinski definition) is 1. The molecule has 0 aromatic heterocycles. The molecule has 0 spiro atoms. The number of fused-ring (bicyclic) bond motifs is 1. The highest BCUT2D eigenvalue weighted by Gasteiger charge is 2.28. The van der Waals surface area contributed by atoms with Gasteiger partial charge in [0.2, 0.25) is 6.10 Å². The van der Waals surface area contributed by atoms with E-state index in [1.165, 1.54) is 0 Å². The van der Waals surface area contributed by atoms with Crippen molar-refractivity contribution in [2.45, 2.75) is 25.5 Å². The van der Waals surface area contributed by atoms with Crippen molar-refractivity contribution in [2.24, 2.45) is 0 Å². The lowest BCUT2D eigenvalue weighted by Crippen LogP contribution is -2.48. The first-order valence-electron chi connectivity index (χ1n) is 5.99. The summed E-state index contributed by atoms with van der Waals surface area (Å²) in [5.41, 5.74) is 0. The van der Waals surface area contributed by atoms with Crippen LogP contribution in [0.1, 0.15) is 13.3 Å². The molecule has 0 saturated carbocycles. The summed E-state index contributed by atoms with van der Waals surface area (Å²) in [5, 5.41) is 2.84. The largest absolute Gasteiger partial charge is 0.485 e. The number of ether oxygens (including phenoxy) is 2. The zero-order chi connectivity index (χ0) is 13.0. The van der Waals surface area contributed by atoms with Crippen molar-refractivity contribution in [1.29, 1.82) is 0 Å². The molecule has 1 amide bonds. The van der Waals surface area contributed by atoms with Crippen molar-refractivity contribution in [3.8, 4) is 11.5 Å². The Labute approximate surface area is 111 Å². The van der Waals surface area contributed by atoms with Crippen LogP contribution < -0.4 is 14.8 Å². The number of halogens is 1. The van der Waals surface area contributed by atoms with Gasteiger partial charge in [-0.3, -0.25) is 4.79 Å².